The molecule has 0 saturated carbocycles. The van der Waals surface area contributed by atoms with Crippen LogP contribution in [0.4, 0.5) is 5.69 Å². The Morgan fingerprint density at radius 2 is 2.25 bits per heavy atom. The minimum atomic E-state index is 0. The van der Waals surface area contributed by atoms with Gasteiger partial charge in [-0.25, -0.2) is 0 Å². The second-order valence-electron chi connectivity index (χ2n) is 3.68. The molecule has 16 heavy (non-hydrogen) atoms. The smallest absolute Gasteiger partial charge is 0.0240 e. The van der Waals surface area contributed by atoms with Crippen molar-refractivity contribution >= 4 is 11.8 Å². The number of fused-ring (bicyclic) bond motifs is 3. The van der Waals surface area contributed by atoms with Crippen molar-refractivity contribution in [3.8, 4) is 0 Å². The van der Waals surface area contributed by atoms with Crippen LogP contribution in [0.25, 0.3) is 6.08 Å². The Kier molecular flexibility index (Phi) is 3.17. The molecule has 1 radical (unpaired) electrons. The number of hydrogen-bond donors (Lipinski definition) is 0. The van der Waals surface area contributed by atoms with Gasteiger partial charge in [-0.15, -0.1) is 11.6 Å². The SMILES string of the molecule is CCN1C=C2C=Cc3ccc[c-]c3N2[CH-]1.[Ir]. The summed E-state index contributed by atoms with van der Waals surface area (Å²) in [4.78, 5) is 4.36. The van der Waals surface area contributed by atoms with Crippen LogP contribution < -0.4 is 4.90 Å². The van der Waals surface area contributed by atoms with Gasteiger partial charge in [0.1, 0.15) is 0 Å². The molecule has 0 unspecified atom stereocenters. The number of para-hydroxylation sites is 1. The van der Waals surface area contributed by atoms with Crippen molar-refractivity contribution in [2.45, 2.75) is 6.92 Å². The van der Waals surface area contributed by atoms with Crippen LogP contribution in [0, 0.1) is 12.7 Å². The van der Waals surface area contributed by atoms with E-state index in [0.717, 1.165) is 12.2 Å². The van der Waals surface area contributed by atoms with Gasteiger partial charge in [-0.2, -0.15) is 30.9 Å². The van der Waals surface area contributed by atoms with Gasteiger partial charge in [-0.3, -0.25) is 0 Å². The van der Waals surface area contributed by atoms with E-state index in [4.69, 9.17) is 0 Å². The molecule has 3 heteroatoms. The van der Waals surface area contributed by atoms with Crippen molar-refractivity contribution < 1.29 is 20.1 Å². The summed E-state index contributed by atoms with van der Waals surface area (Å²) in [6.45, 7) is 5.26. The van der Waals surface area contributed by atoms with E-state index < -0.39 is 0 Å². The molecule has 85 valence electrons. The standard InChI is InChI=1S/C13H12N2.Ir/c1-2-14-9-12-8-7-11-5-3-4-6-13(11)15(12)10-14;/h3-5,7-10H,2H2,1H3;/q-2;. The van der Waals surface area contributed by atoms with Crippen molar-refractivity contribution in [3.63, 3.8) is 0 Å². The molecule has 0 N–H and O–H groups in total. The van der Waals surface area contributed by atoms with Gasteiger partial charge in [-0.05, 0) is 12.7 Å². The monoisotopic (exact) mass is 389 g/mol. The maximum Gasteiger partial charge on any atom is 0.0240 e. The zero-order valence-corrected chi connectivity index (χ0v) is 11.4. The summed E-state index contributed by atoms with van der Waals surface area (Å²) in [6, 6.07) is 9.37. The number of anilines is 1. The van der Waals surface area contributed by atoms with Gasteiger partial charge < -0.3 is 9.80 Å². The fourth-order valence-corrected chi connectivity index (χ4v) is 1.92. The Balaban J connectivity index is 0.000000963. The molecule has 2 nitrogen and oxygen atoms in total. The van der Waals surface area contributed by atoms with Crippen molar-refractivity contribution in [2.75, 3.05) is 11.4 Å². The van der Waals surface area contributed by atoms with Gasteiger partial charge in [0.15, 0.2) is 0 Å². The van der Waals surface area contributed by atoms with E-state index in [1.165, 1.54) is 11.3 Å². The average Bonchev–Trinajstić information content (AvgIpc) is 2.72. The summed E-state index contributed by atoms with van der Waals surface area (Å²) in [5.41, 5.74) is 3.58. The van der Waals surface area contributed by atoms with Crippen molar-refractivity contribution in [1.82, 2.24) is 4.90 Å². The molecule has 0 amide bonds. The first-order chi connectivity index (χ1) is 7.38. The fraction of sp³-hybridized carbons (Fsp3) is 0.154. The summed E-state index contributed by atoms with van der Waals surface area (Å²) >= 11 is 0. The molecule has 1 aromatic carbocycles. The van der Waals surface area contributed by atoms with Gasteiger partial charge in [0.25, 0.3) is 0 Å². The predicted molar refractivity (Wildman–Crippen MR) is 61.6 cm³/mol. The first kappa shape index (κ1) is 11.4. The molecular weight excluding hydrogens is 376 g/mol. The molecule has 3 rings (SSSR count). The predicted octanol–water partition coefficient (Wildman–Crippen LogP) is 2.61. The molecule has 0 saturated heterocycles. The Hall–Kier alpha value is -1.05. The minimum absolute atomic E-state index is 0. The molecule has 0 bridgehead atoms. The third-order valence-electron chi connectivity index (χ3n) is 2.75. The van der Waals surface area contributed by atoms with E-state index in [0.29, 0.717) is 0 Å². The maximum atomic E-state index is 3.28. The molecule has 0 aliphatic carbocycles. The largest absolute Gasteiger partial charge is 0.508 e. The van der Waals surface area contributed by atoms with E-state index >= 15 is 0 Å². The first-order valence-corrected chi connectivity index (χ1v) is 5.19. The molecule has 2 aliphatic heterocycles. The molecular formula is C13H12IrN2-2. The van der Waals surface area contributed by atoms with Crippen LogP contribution in [0.15, 0.2) is 36.2 Å². The summed E-state index contributed by atoms with van der Waals surface area (Å²) < 4.78 is 0. The molecule has 0 spiro atoms. The number of allylic oxidation sites excluding steroid dienone is 1. The van der Waals surface area contributed by atoms with E-state index in [2.05, 4.69) is 53.9 Å². The Labute approximate surface area is 110 Å². The molecule has 2 heterocycles. The van der Waals surface area contributed by atoms with Crippen LogP contribution in [0.2, 0.25) is 0 Å². The van der Waals surface area contributed by atoms with E-state index in [9.17, 15) is 0 Å². The Bertz CT molecular complexity index is 451. The third kappa shape index (κ3) is 1.70. The van der Waals surface area contributed by atoms with Gasteiger partial charge in [0.2, 0.25) is 0 Å². The molecule has 0 atom stereocenters. The minimum Gasteiger partial charge on any atom is -0.508 e. The van der Waals surface area contributed by atoms with Crippen LogP contribution >= 0.6 is 0 Å². The third-order valence-corrected chi connectivity index (χ3v) is 2.75. The summed E-state index contributed by atoms with van der Waals surface area (Å²) in [5, 5.41) is 0. The maximum absolute atomic E-state index is 3.28. The molecule has 1 aromatic rings. The number of rotatable bonds is 1. The fourth-order valence-electron chi connectivity index (χ4n) is 1.92. The summed E-state index contributed by atoms with van der Waals surface area (Å²) in [5.74, 6) is 0. The van der Waals surface area contributed by atoms with Crippen molar-refractivity contribution in [1.29, 1.82) is 0 Å². The van der Waals surface area contributed by atoms with Crippen LogP contribution in [-0.4, -0.2) is 11.4 Å². The van der Waals surface area contributed by atoms with Gasteiger partial charge in [-0.1, -0.05) is 18.7 Å². The second kappa shape index (κ2) is 4.44. The first-order valence-electron chi connectivity index (χ1n) is 5.19. The van der Waals surface area contributed by atoms with Crippen LogP contribution in [0.3, 0.4) is 0 Å². The van der Waals surface area contributed by atoms with Gasteiger partial charge >= 0.3 is 0 Å². The van der Waals surface area contributed by atoms with Crippen LogP contribution in [0.1, 0.15) is 12.5 Å². The summed E-state index contributed by atoms with van der Waals surface area (Å²) in [6.07, 6.45) is 6.43. The van der Waals surface area contributed by atoms with Crippen LogP contribution in [0.5, 0.6) is 0 Å². The van der Waals surface area contributed by atoms with E-state index in [-0.39, 0.29) is 20.1 Å². The van der Waals surface area contributed by atoms with Crippen molar-refractivity contribution in [2.24, 2.45) is 0 Å². The zero-order chi connectivity index (χ0) is 10.3. The topological polar surface area (TPSA) is 6.48 Å². The van der Waals surface area contributed by atoms with Crippen molar-refractivity contribution in [3.05, 3.63) is 54.5 Å². The molecule has 0 fully saturated rings. The quantitative estimate of drug-likeness (QED) is 0.683. The van der Waals surface area contributed by atoms with Gasteiger partial charge in [0.05, 0.1) is 0 Å². The van der Waals surface area contributed by atoms with Gasteiger partial charge in [0, 0.05) is 25.8 Å². The molecule has 2 aliphatic rings. The Morgan fingerprint density at radius 3 is 3.06 bits per heavy atom. The average molecular weight is 388 g/mol. The molecule has 0 aromatic heterocycles. The van der Waals surface area contributed by atoms with Crippen LogP contribution in [-0.2, 0) is 20.1 Å². The Morgan fingerprint density at radius 1 is 1.38 bits per heavy atom. The van der Waals surface area contributed by atoms with E-state index in [1.54, 1.807) is 0 Å². The number of benzene rings is 1. The van der Waals surface area contributed by atoms with E-state index in [1.807, 2.05) is 12.1 Å². The number of nitrogens with zero attached hydrogens (tertiary/aromatic N) is 2. The summed E-state index contributed by atoms with van der Waals surface area (Å²) in [7, 11) is 0. The zero-order valence-electron chi connectivity index (χ0n) is 8.98. The normalized spacial score (nSPS) is 16.4. The second-order valence-corrected chi connectivity index (χ2v) is 3.68. The number of hydrogen-bond acceptors (Lipinski definition) is 2.